The van der Waals surface area contributed by atoms with Crippen molar-refractivity contribution in [3.63, 3.8) is 0 Å². The van der Waals surface area contributed by atoms with E-state index in [2.05, 4.69) is 29.2 Å². The van der Waals surface area contributed by atoms with E-state index in [-0.39, 0.29) is 4.90 Å². The third-order valence-corrected chi connectivity index (χ3v) is 6.94. The van der Waals surface area contributed by atoms with Crippen molar-refractivity contribution < 1.29 is 13.2 Å². The number of aryl methyl sites for hydroxylation is 1. The monoisotopic (exact) mass is 469 g/mol. The Labute approximate surface area is 198 Å². The van der Waals surface area contributed by atoms with E-state index < -0.39 is 9.84 Å². The van der Waals surface area contributed by atoms with Crippen LogP contribution in [0.5, 0.6) is 5.75 Å². The fraction of sp³-hybridized carbons (Fsp3) is 0.111. The summed E-state index contributed by atoms with van der Waals surface area (Å²) in [5.74, 6) is 0.829. The van der Waals surface area contributed by atoms with Crippen LogP contribution in [0.15, 0.2) is 89.8 Å². The van der Waals surface area contributed by atoms with Crippen molar-refractivity contribution in [3.05, 3.63) is 90.6 Å². The molecular formula is C27H23N3O3S. The van der Waals surface area contributed by atoms with E-state index in [4.69, 9.17) is 9.84 Å². The smallest absolute Gasteiger partial charge is 0.175 e. The van der Waals surface area contributed by atoms with Crippen LogP contribution < -0.4 is 4.74 Å². The van der Waals surface area contributed by atoms with Gasteiger partial charge in [-0.1, -0.05) is 48.5 Å². The molecule has 7 heteroatoms. The largest absolute Gasteiger partial charge is 0.497 e. The number of ether oxygens (including phenoxy) is 1. The van der Waals surface area contributed by atoms with Gasteiger partial charge in [-0.05, 0) is 54.4 Å². The van der Waals surface area contributed by atoms with Gasteiger partial charge in [0, 0.05) is 17.4 Å². The van der Waals surface area contributed by atoms with E-state index in [1.807, 2.05) is 47.8 Å². The second kappa shape index (κ2) is 8.43. The van der Waals surface area contributed by atoms with Crippen LogP contribution in [0.1, 0.15) is 5.69 Å². The van der Waals surface area contributed by atoms with Crippen LogP contribution in [-0.4, -0.2) is 36.4 Å². The molecule has 0 unspecified atom stereocenters. The molecule has 0 N–H and O–H groups in total. The van der Waals surface area contributed by atoms with Gasteiger partial charge in [0.2, 0.25) is 0 Å². The minimum absolute atomic E-state index is 0.285. The molecule has 2 heterocycles. The van der Waals surface area contributed by atoms with Crippen molar-refractivity contribution in [2.75, 3.05) is 13.4 Å². The Balaban J connectivity index is 1.51. The van der Waals surface area contributed by atoms with Gasteiger partial charge < -0.3 is 4.74 Å². The molecule has 170 valence electrons. The molecule has 5 aromatic rings. The van der Waals surface area contributed by atoms with Gasteiger partial charge >= 0.3 is 0 Å². The molecule has 0 spiro atoms. The van der Waals surface area contributed by atoms with Gasteiger partial charge in [0.25, 0.3) is 0 Å². The summed E-state index contributed by atoms with van der Waals surface area (Å²) < 4.78 is 30.7. The third kappa shape index (κ3) is 4.06. The summed E-state index contributed by atoms with van der Waals surface area (Å²) in [6.07, 6.45) is 1.20. The Hall–Kier alpha value is -3.97. The van der Waals surface area contributed by atoms with Gasteiger partial charge in [-0.3, -0.25) is 0 Å². The molecule has 34 heavy (non-hydrogen) atoms. The van der Waals surface area contributed by atoms with Gasteiger partial charge in [0.05, 0.1) is 29.1 Å². The van der Waals surface area contributed by atoms with Crippen LogP contribution in [0, 0.1) is 6.92 Å². The summed E-state index contributed by atoms with van der Waals surface area (Å²) in [6, 6.07) is 27.0. The number of aromatic nitrogens is 3. The lowest BCUT2D eigenvalue weighted by Gasteiger charge is -2.08. The van der Waals surface area contributed by atoms with Crippen LogP contribution in [-0.2, 0) is 9.84 Å². The van der Waals surface area contributed by atoms with Crippen LogP contribution in [0.3, 0.4) is 0 Å². The lowest BCUT2D eigenvalue weighted by Crippen LogP contribution is -1.99. The second-order valence-corrected chi connectivity index (χ2v) is 10.2. The highest BCUT2D eigenvalue weighted by atomic mass is 32.2. The van der Waals surface area contributed by atoms with Crippen LogP contribution >= 0.6 is 0 Å². The molecule has 6 nitrogen and oxygen atoms in total. The quantitative estimate of drug-likeness (QED) is 0.342. The number of rotatable bonds is 5. The van der Waals surface area contributed by atoms with Gasteiger partial charge in [-0.25, -0.2) is 17.9 Å². The van der Waals surface area contributed by atoms with E-state index in [1.165, 1.54) is 6.26 Å². The molecule has 2 aromatic heterocycles. The third-order valence-electron chi connectivity index (χ3n) is 5.81. The van der Waals surface area contributed by atoms with E-state index in [9.17, 15) is 8.42 Å². The number of hydrogen-bond acceptors (Lipinski definition) is 5. The molecule has 5 rings (SSSR count). The summed E-state index contributed by atoms with van der Waals surface area (Å²) in [4.78, 5) is 4.92. The SMILES string of the molecule is COc1ccc(-c2ccc(-c3ccc4nc(C)c(-c5ccc(S(C)(=O)=O)cc5)n4n3)cc2)cc1. The normalized spacial score (nSPS) is 11.6. The molecule has 0 amide bonds. The standard InChI is InChI=1S/C27H23N3O3S/c1-18-27(22-10-14-24(15-11-22)34(3,31)32)30-26(28-18)17-16-25(29-30)21-6-4-19(5-7-21)20-8-12-23(33-2)13-9-20/h4-17H,1-3H3. The van der Waals surface area contributed by atoms with Crippen molar-refractivity contribution in [2.45, 2.75) is 11.8 Å². The number of benzene rings is 3. The van der Waals surface area contributed by atoms with Crippen molar-refractivity contribution in [2.24, 2.45) is 0 Å². The van der Waals surface area contributed by atoms with E-state index >= 15 is 0 Å². The lowest BCUT2D eigenvalue weighted by molar-refractivity contribution is 0.415. The van der Waals surface area contributed by atoms with Gasteiger partial charge in [0.1, 0.15) is 5.75 Å². The predicted octanol–water partition coefficient (Wildman–Crippen LogP) is 5.45. The maximum absolute atomic E-state index is 11.8. The Morgan fingerprint density at radius 2 is 1.29 bits per heavy atom. The Morgan fingerprint density at radius 1 is 0.735 bits per heavy atom. The van der Waals surface area contributed by atoms with Crippen molar-refractivity contribution in [3.8, 4) is 39.4 Å². The summed E-state index contributed by atoms with van der Waals surface area (Å²) >= 11 is 0. The number of hydrogen-bond donors (Lipinski definition) is 0. The molecule has 0 atom stereocenters. The molecule has 0 aliphatic rings. The lowest BCUT2D eigenvalue weighted by atomic mass is 10.0. The molecule has 0 radical (unpaired) electrons. The minimum Gasteiger partial charge on any atom is -0.497 e. The molecule has 0 fully saturated rings. The first-order chi connectivity index (χ1) is 16.3. The first kappa shape index (κ1) is 21.9. The predicted molar refractivity (Wildman–Crippen MR) is 134 cm³/mol. The van der Waals surface area contributed by atoms with Crippen molar-refractivity contribution >= 4 is 15.5 Å². The zero-order valence-electron chi connectivity index (χ0n) is 19.1. The molecular weight excluding hydrogens is 446 g/mol. The van der Waals surface area contributed by atoms with Crippen LogP contribution in [0.25, 0.3) is 39.3 Å². The van der Waals surface area contributed by atoms with Crippen LogP contribution in [0.2, 0.25) is 0 Å². The Kier molecular flexibility index (Phi) is 5.42. The molecule has 3 aromatic carbocycles. The topological polar surface area (TPSA) is 73.6 Å². The molecule has 0 aliphatic carbocycles. The summed E-state index contributed by atoms with van der Waals surface area (Å²) in [7, 11) is -1.60. The molecule has 0 saturated carbocycles. The number of methoxy groups -OCH3 is 1. The molecule has 0 bridgehead atoms. The summed E-state index contributed by atoms with van der Waals surface area (Å²) in [5, 5.41) is 4.86. The number of nitrogens with zero attached hydrogens (tertiary/aromatic N) is 3. The van der Waals surface area contributed by atoms with E-state index in [0.29, 0.717) is 0 Å². The fourth-order valence-corrected chi connectivity index (χ4v) is 4.64. The fourth-order valence-electron chi connectivity index (χ4n) is 4.01. The zero-order valence-corrected chi connectivity index (χ0v) is 19.9. The Morgan fingerprint density at radius 3 is 1.88 bits per heavy atom. The zero-order chi connectivity index (χ0) is 23.9. The number of imidazole rings is 1. The maximum Gasteiger partial charge on any atom is 0.175 e. The molecule has 0 saturated heterocycles. The summed E-state index contributed by atoms with van der Waals surface area (Å²) in [6.45, 7) is 1.93. The highest BCUT2D eigenvalue weighted by Crippen LogP contribution is 2.29. The highest BCUT2D eigenvalue weighted by Gasteiger charge is 2.15. The first-order valence-electron chi connectivity index (χ1n) is 10.8. The molecule has 0 aliphatic heterocycles. The first-order valence-corrected chi connectivity index (χ1v) is 12.6. The van der Waals surface area contributed by atoms with E-state index in [0.717, 1.165) is 50.7 Å². The van der Waals surface area contributed by atoms with Gasteiger partial charge in [-0.15, -0.1) is 0 Å². The number of fused-ring (bicyclic) bond motifs is 1. The van der Waals surface area contributed by atoms with Crippen molar-refractivity contribution in [1.82, 2.24) is 14.6 Å². The minimum atomic E-state index is -3.26. The second-order valence-electron chi connectivity index (χ2n) is 8.14. The van der Waals surface area contributed by atoms with Gasteiger partial charge in [0.15, 0.2) is 15.5 Å². The number of sulfone groups is 1. The highest BCUT2D eigenvalue weighted by molar-refractivity contribution is 7.90. The summed E-state index contributed by atoms with van der Waals surface area (Å²) in [5.41, 5.74) is 7.29. The van der Waals surface area contributed by atoms with Crippen LogP contribution in [0.4, 0.5) is 0 Å². The Bertz CT molecular complexity index is 1590. The van der Waals surface area contributed by atoms with Crippen molar-refractivity contribution in [1.29, 1.82) is 0 Å². The maximum atomic E-state index is 11.8. The van der Waals surface area contributed by atoms with E-state index in [1.54, 1.807) is 31.4 Å². The average molecular weight is 470 g/mol. The van der Waals surface area contributed by atoms with Gasteiger partial charge in [-0.2, -0.15) is 5.10 Å². The average Bonchev–Trinajstić information content (AvgIpc) is 3.18.